The van der Waals surface area contributed by atoms with Crippen molar-refractivity contribution in [1.82, 2.24) is 20.2 Å². The molecule has 0 atom stereocenters. The molecular formula is C21H22N4O2. The van der Waals surface area contributed by atoms with Crippen molar-refractivity contribution in [3.8, 4) is 0 Å². The van der Waals surface area contributed by atoms with Crippen LogP contribution in [0.25, 0.3) is 11.0 Å². The van der Waals surface area contributed by atoms with Gasteiger partial charge in [0.1, 0.15) is 0 Å². The number of carbonyl (C=O) groups is 2. The summed E-state index contributed by atoms with van der Waals surface area (Å²) in [6, 6.07) is 13.2. The van der Waals surface area contributed by atoms with Gasteiger partial charge in [0.05, 0.1) is 17.4 Å². The fourth-order valence-electron chi connectivity index (χ4n) is 3.57. The summed E-state index contributed by atoms with van der Waals surface area (Å²) in [7, 11) is 0. The van der Waals surface area contributed by atoms with Gasteiger partial charge >= 0.3 is 0 Å². The van der Waals surface area contributed by atoms with Gasteiger partial charge in [-0.15, -0.1) is 0 Å². The Labute approximate surface area is 157 Å². The fourth-order valence-corrected chi connectivity index (χ4v) is 3.57. The molecule has 0 radical (unpaired) electrons. The van der Waals surface area contributed by atoms with E-state index < -0.39 is 0 Å². The number of piperidine rings is 1. The number of aryl methyl sites for hydroxylation is 1. The molecule has 1 aromatic heterocycles. The number of nitrogens with zero attached hydrogens (tertiary/aromatic N) is 2. The smallest absolute Gasteiger partial charge is 0.253 e. The maximum atomic E-state index is 12.8. The zero-order chi connectivity index (χ0) is 18.8. The van der Waals surface area contributed by atoms with Crippen molar-refractivity contribution in [2.75, 3.05) is 13.1 Å². The molecule has 2 N–H and O–H groups in total. The first-order chi connectivity index (χ1) is 13.1. The Morgan fingerprint density at radius 3 is 2.70 bits per heavy atom. The molecular weight excluding hydrogens is 340 g/mol. The van der Waals surface area contributed by atoms with Crippen LogP contribution in [0, 0.1) is 6.92 Å². The average molecular weight is 362 g/mol. The van der Waals surface area contributed by atoms with Gasteiger partial charge in [-0.1, -0.05) is 18.2 Å². The normalized spacial score (nSPS) is 15.1. The van der Waals surface area contributed by atoms with Crippen molar-refractivity contribution in [2.45, 2.75) is 25.8 Å². The second-order valence-corrected chi connectivity index (χ2v) is 6.99. The Bertz CT molecular complexity index is 987. The van der Waals surface area contributed by atoms with E-state index in [9.17, 15) is 9.59 Å². The van der Waals surface area contributed by atoms with Crippen LogP contribution in [-0.2, 0) is 0 Å². The van der Waals surface area contributed by atoms with Gasteiger partial charge in [0, 0.05) is 30.3 Å². The topological polar surface area (TPSA) is 78.1 Å². The molecule has 6 heteroatoms. The number of benzene rings is 2. The van der Waals surface area contributed by atoms with Gasteiger partial charge in [-0.3, -0.25) is 9.59 Å². The van der Waals surface area contributed by atoms with Crippen LogP contribution >= 0.6 is 0 Å². The SMILES string of the molecule is Cc1ccccc1C(=O)NC1CCN(C(=O)c2ccc3nc[nH]c3c2)CC1. The van der Waals surface area contributed by atoms with Crippen molar-refractivity contribution < 1.29 is 9.59 Å². The molecule has 1 fully saturated rings. The Morgan fingerprint density at radius 2 is 1.93 bits per heavy atom. The molecule has 2 aromatic carbocycles. The number of rotatable bonds is 3. The van der Waals surface area contributed by atoms with Gasteiger partial charge in [0.15, 0.2) is 0 Å². The number of fused-ring (bicyclic) bond motifs is 1. The fraction of sp³-hybridized carbons (Fsp3) is 0.286. The van der Waals surface area contributed by atoms with Crippen LogP contribution in [0.4, 0.5) is 0 Å². The van der Waals surface area contributed by atoms with Crippen molar-refractivity contribution in [1.29, 1.82) is 0 Å². The Balaban J connectivity index is 1.36. The van der Waals surface area contributed by atoms with Crippen LogP contribution in [0.2, 0.25) is 0 Å². The lowest BCUT2D eigenvalue weighted by Gasteiger charge is -2.32. The van der Waals surface area contributed by atoms with E-state index in [1.54, 1.807) is 6.33 Å². The number of nitrogens with one attached hydrogen (secondary N) is 2. The van der Waals surface area contributed by atoms with Crippen LogP contribution in [0.1, 0.15) is 39.1 Å². The first-order valence-electron chi connectivity index (χ1n) is 9.21. The Kier molecular flexibility index (Phi) is 4.62. The van der Waals surface area contributed by atoms with Crippen molar-refractivity contribution in [3.05, 3.63) is 65.5 Å². The highest BCUT2D eigenvalue weighted by Gasteiger charge is 2.25. The zero-order valence-corrected chi connectivity index (χ0v) is 15.2. The molecule has 6 nitrogen and oxygen atoms in total. The summed E-state index contributed by atoms with van der Waals surface area (Å²) in [5.74, 6) is -0.0160. The Morgan fingerprint density at radius 1 is 1.15 bits per heavy atom. The summed E-state index contributed by atoms with van der Waals surface area (Å²) < 4.78 is 0. The lowest BCUT2D eigenvalue weighted by Crippen LogP contribution is -2.46. The number of aromatic nitrogens is 2. The summed E-state index contributed by atoms with van der Waals surface area (Å²) in [6.07, 6.45) is 3.15. The third-order valence-electron chi connectivity index (χ3n) is 5.17. The predicted molar refractivity (Wildman–Crippen MR) is 104 cm³/mol. The van der Waals surface area contributed by atoms with Gasteiger partial charge in [0.2, 0.25) is 0 Å². The van der Waals surface area contributed by atoms with Crippen molar-refractivity contribution >= 4 is 22.8 Å². The van der Waals surface area contributed by atoms with Crippen LogP contribution < -0.4 is 5.32 Å². The van der Waals surface area contributed by atoms with E-state index in [2.05, 4.69) is 15.3 Å². The second-order valence-electron chi connectivity index (χ2n) is 6.99. The molecule has 1 aliphatic rings. The van der Waals surface area contributed by atoms with E-state index in [1.165, 1.54) is 0 Å². The maximum absolute atomic E-state index is 12.8. The molecule has 2 heterocycles. The van der Waals surface area contributed by atoms with Gasteiger partial charge in [-0.05, 0) is 49.6 Å². The number of hydrogen-bond donors (Lipinski definition) is 2. The predicted octanol–water partition coefficient (Wildman–Crippen LogP) is 2.91. The lowest BCUT2D eigenvalue weighted by molar-refractivity contribution is 0.0698. The van der Waals surface area contributed by atoms with Crippen molar-refractivity contribution in [3.63, 3.8) is 0 Å². The monoisotopic (exact) mass is 362 g/mol. The van der Waals surface area contributed by atoms with E-state index in [4.69, 9.17) is 0 Å². The molecule has 0 saturated carbocycles. The van der Waals surface area contributed by atoms with Crippen LogP contribution in [0.15, 0.2) is 48.8 Å². The highest BCUT2D eigenvalue weighted by Crippen LogP contribution is 2.18. The van der Waals surface area contributed by atoms with Gasteiger partial charge < -0.3 is 15.2 Å². The maximum Gasteiger partial charge on any atom is 0.253 e. The minimum Gasteiger partial charge on any atom is -0.349 e. The Hall–Kier alpha value is -3.15. The number of likely N-dealkylation sites (tertiary alicyclic amines) is 1. The minimum absolute atomic E-state index is 0.0233. The lowest BCUT2D eigenvalue weighted by atomic mass is 10.0. The van der Waals surface area contributed by atoms with Crippen LogP contribution in [0.5, 0.6) is 0 Å². The van der Waals surface area contributed by atoms with E-state index >= 15 is 0 Å². The first kappa shape index (κ1) is 17.3. The van der Waals surface area contributed by atoms with Gasteiger partial charge in [-0.2, -0.15) is 0 Å². The standard InChI is InChI=1S/C21H22N4O2/c1-14-4-2-3-5-17(14)20(26)24-16-8-10-25(11-9-16)21(27)15-6-7-18-19(12-15)23-13-22-18/h2-7,12-13,16H,8-11H2,1H3,(H,22,23)(H,24,26). The number of imidazole rings is 1. The van der Waals surface area contributed by atoms with Gasteiger partial charge in [0.25, 0.3) is 11.8 Å². The van der Waals surface area contributed by atoms with E-state index in [-0.39, 0.29) is 17.9 Å². The summed E-state index contributed by atoms with van der Waals surface area (Å²) in [5, 5.41) is 3.11. The molecule has 138 valence electrons. The first-order valence-corrected chi connectivity index (χ1v) is 9.21. The molecule has 27 heavy (non-hydrogen) atoms. The van der Waals surface area contributed by atoms with Crippen molar-refractivity contribution in [2.24, 2.45) is 0 Å². The molecule has 0 bridgehead atoms. The zero-order valence-electron chi connectivity index (χ0n) is 15.2. The van der Waals surface area contributed by atoms with Crippen LogP contribution in [-0.4, -0.2) is 45.8 Å². The summed E-state index contributed by atoms with van der Waals surface area (Å²) in [4.78, 5) is 34.3. The van der Waals surface area contributed by atoms with Crippen LogP contribution in [0.3, 0.4) is 0 Å². The molecule has 1 saturated heterocycles. The highest BCUT2D eigenvalue weighted by atomic mass is 16.2. The quantitative estimate of drug-likeness (QED) is 0.752. The number of carbonyl (C=O) groups excluding carboxylic acids is 2. The molecule has 1 aliphatic heterocycles. The number of amides is 2. The minimum atomic E-state index is -0.0393. The molecule has 0 spiro atoms. The molecule has 0 aliphatic carbocycles. The third-order valence-corrected chi connectivity index (χ3v) is 5.17. The average Bonchev–Trinajstić information content (AvgIpc) is 3.16. The largest absolute Gasteiger partial charge is 0.349 e. The third kappa shape index (κ3) is 3.56. The second kappa shape index (κ2) is 7.23. The van der Waals surface area contributed by atoms with Gasteiger partial charge in [-0.25, -0.2) is 4.98 Å². The molecule has 4 rings (SSSR count). The highest BCUT2D eigenvalue weighted by molar-refractivity contribution is 5.97. The molecule has 2 amide bonds. The summed E-state index contributed by atoms with van der Waals surface area (Å²) in [5.41, 5.74) is 4.06. The number of aromatic amines is 1. The van der Waals surface area contributed by atoms with E-state index in [1.807, 2.05) is 54.3 Å². The molecule has 0 unspecified atom stereocenters. The summed E-state index contributed by atoms with van der Waals surface area (Å²) >= 11 is 0. The van der Waals surface area contributed by atoms with E-state index in [0.717, 1.165) is 29.4 Å². The number of hydrogen-bond acceptors (Lipinski definition) is 3. The van der Waals surface area contributed by atoms with E-state index in [0.29, 0.717) is 24.2 Å². The summed E-state index contributed by atoms with van der Waals surface area (Å²) in [6.45, 7) is 3.21. The number of H-pyrrole nitrogens is 1. The molecule has 3 aromatic rings.